The molecule has 1 unspecified atom stereocenters. The van der Waals surface area contributed by atoms with Gasteiger partial charge >= 0.3 is 0 Å². The summed E-state index contributed by atoms with van der Waals surface area (Å²) in [4.78, 5) is 5.34. The highest BCUT2D eigenvalue weighted by Crippen LogP contribution is 2.25. The summed E-state index contributed by atoms with van der Waals surface area (Å²) < 4.78 is 1.95. The second-order valence-corrected chi connectivity index (χ2v) is 4.94. The van der Waals surface area contributed by atoms with Crippen molar-refractivity contribution in [1.82, 2.24) is 19.7 Å². The number of aryl methyl sites for hydroxylation is 1. The average Bonchev–Trinajstić information content (AvgIpc) is 2.62. The third-order valence-corrected chi connectivity index (χ3v) is 3.50. The monoisotopic (exact) mass is 249 g/mol. The smallest absolute Gasteiger partial charge is 0.195 e. The van der Waals surface area contributed by atoms with E-state index in [9.17, 15) is 0 Å². The van der Waals surface area contributed by atoms with Crippen LogP contribution in [0.1, 0.15) is 24.5 Å². The minimum Gasteiger partial charge on any atom is -0.323 e. The van der Waals surface area contributed by atoms with E-state index in [1.807, 2.05) is 43.8 Å². The summed E-state index contributed by atoms with van der Waals surface area (Å²) in [6.45, 7) is 3.84. The van der Waals surface area contributed by atoms with Crippen LogP contribution in [0.2, 0.25) is 0 Å². The van der Waals surface area contributed by atoms with Gasteiger partial charge in [-0.2, -0.15) is 0 Å². The Hall–Kier alpha value is -1.40. The molecule has 0 aliphatic carbocycles. The van der Waals surface area contributed by atoms with Crippen molar-refractivity contribution in [2.24, 2.45) is 12.8 Å². The Bertz CT molecular complexity index is 503. The van der Waals surface area contributed by atoms with Gasteiger partial charge in [0.05, 0.1) is 5.69 Å². The SMILES string of the molecule is Cc1nnc(Sc2ccc(C(C)N)nc2)n1C. The molecule has 0 spiro atoms. The number of rotatable bonds is 3. The van der Waals surface area contributed by atoms with Gasteiger partial charge in [-0.3, -0.25) is 4.98 Å². The van der Waals surface area contributed by atoms with Crippen LogP contribution in [0.25, 0.3) is 0 Å². The largest absolute Gasteiger partial charge is 0.323 e. The van der Waals surface area contributed by atoms with Gasteiger partial charge in [0.15, 0.2) is 5.16 Å². The molecule has 90 valence electrons. The lowest BCUT2D eigenvalue weighted by molar-refractivity contribution is 0.763. The van der Waals surface area contributed by atoms with Crippen LogP contribution < -0.4 is 5.73 Å². The molecule has 0 saturated heterocycles. The predicted molar refractivity (Wildman–Crippen MR) is 66.7 cm³/mol. The lowest BCUT2D eigenvalue weighted by atomic mass is 10.2. The number of pyridine rings is 1. The number of aromatic nitrogens is 4. The molecule has 2 rings (SSSR count). The van der Waals surface area contributed by atoms with Crippen LogP contribution in [0.3, 0.4) is 0 Å². The van der Waals surface area contributed by atoms with Crippen molar-refractivity contribution in [3.05, 3.63) is 29.8 Å². The fourth-order valence-electron chi connectivity index (χ4n) is 1.30. The second kappa shape index (κ2) is 4.85. The molecule has 0 aliphatic rings. The predicted octanol–water partition coefficient (Wildman–Crippen LogP) is 1.69. The summed E-state index contributed by atoms with van der Waals surface area (Å²) in [6.07, 6.45) is 1.81. The quantitative estimate of drug-likeness (QED) is 0.896. The van der Waals surface area contributed by atoms with Gasteiger partial charge in [0.25, 0.3) is 0 Å². The van der Waals surface area contributed by atoms with Gasteiger partial charge in [-0.1, -0.05) is 0 Å². The van der Waals surface area contributed by atoms with Gasteiger partial charge in [0, 0.05) is 24.2 Å². The zero-order valence-electron chi connectivity index (χ0n) is 10.1. The van der Waals surface area contributed by atoms with E-state index in [1.165, 1.54) is 0 Å². The summed E-state index contributed by atoms with van der Waals surface area (Å²) in [6, 6.07) is 3.91. The molecule has 2 N–H and O–H groups in total. The standard InChI is InChI=1S/C11H15N5S/c1-7(12)10-5-4-9(6-13-10)17-11-15-14-8(2)16(11)3/h4-7H,12H2,1-3H3. The van der Waals surface area contributed by atoms with E-state index in [0.29, 0.717) is 0 Å². The van der Waals surface area contributed by atoms with Gasteiger partial charge in [-0.15, -0.1) is 10.2 Å². The topological polar surface area (TPSA) is 69.6 Å². The molecule has 5 nitrogen and oxygen atoms in total. The van der Waals surface area contributed by atoms with E-state index >= 15 is 0 Å². The van der Waals surface area contributed by atoms with Crippen LogP contribution >= 0.6 is 11.8 Å². The fraction of sp³-hybridized carbons (Fsp3) is 0.364. The van der Waals surface area contributed by atoms with E-state index in [2.05, 4.69) is 15.2 Å². The van der Waals surface area contributed by atoms with E-state index < -0.39 is 0 Å². The highest BCUT2D eigenvalue weighted by molar-refractivity contribution is 7.99. The fourth-order valence-corrected chi connectivity index (χ4v) is 2.11. The minimum atomic E-state index is -0.0360. The Balaban J connectivity index is 2.17. The van der Waals surface area contributed by atoms with Gasteiger partial charge in [0.2, 0.25) is 0 Å². The molecular formula is C11H15N5S. The van der Waals surface area contributed by atoms with Crippen molar-refractivity contribution in [3.8, 4) is 0 Å². The molecule has 0 saturated carbocycles. The third-order valence-electron chi connectivity index (χ3n) is 2.49. The van der Waals surface area contributed by atoms with Crippen molar-refractivity contribution >= 4 is 11.8 Å². The Morgan fingerprint density at radius 1 is 1.35 bits per heavy atom. The van der Waals surface area contributed by atoms with Crippen LogP contribution in [0.15, 0.2) is 28.4 Å². The van der Waals surface area contributed by atoms with E-state index in [1.54, 1.807) is 11.8 Å². The molecule has 0 fully saturated rings. The van der Waals surface area contributed by atoms with Gasteiger partial charge in [-0.25, -0.2) is 0 Å². The van der Waals surface area contributed by atoms with Crippen molar-refractivity contribution in [3.63, 3.8) is 0 Å². The second-order valence-electron chi connectivity index (χ2n) is 3.90. The van der Waals surface area contributed by atoms with Gasteiger partial charge in [-0.05, 0) is 37.7 Å². The maximum absolute atomic E-state index is 5.75. The lowest BCUT2D eigenvalue weighted by Crippen LogP contribution is -2.06. The molecule has 2 heterocycles. The Morgan fingerprint density at radius 2 is 2.12 bits per heavy atom. The van der Waals surface area contributed by atoms with Crippen LogP contribution in [0.5, 0.6) is 0 Å². The van der Waals surface area contributed by atoms with Gasteiger partial charge < -0.3 is 10.3 Å². The third kappa shape index (κ3) is 2.65. The molecule has 17 heavy (non-hydrogen) atoms. The maximum Gasteiger partial charge on any atom is 0.195 e. The zero-order valence-corrected chi connectivity index (χ0v) is 10.9. The number of nitrogens with two attached hydrogens (primary N) is 1. The van der Waals surface area contributed by atoms with Crippen molar-refractivity contribution in [2.75, 3.05) is 0 Å². The molecular weight excluding hydrogens is 234 g/mol. The van der Waals surface area contributed by atoms with Crippen LogP contribution in [0.4, 0.5) is 0 Å². The molecule has 0 aliphatic heterocycles. The maximum atomic E-state index is 5.75. The molecule has 2 aromatic heterocycles. The van der Waals surface area contributed by atoms with E-state index in [0.717, 1.165) is 21.6 Å². The minimum absolute atomic E-state index is 0.0360. The number of hydrogen-bond donors (Lipinski definition) is 1. The normalized spacial score (nSPS) is 12.7. The average molecular weight is 249 g/mol. The molecule has 6 heteroatoms. The Kier molecular flexibility index (Phi) is 3.44. The zero-order chi connectivity index (χ0) is 12.4. The first-order chi connectivity index (χ1) is 8.08. The molecule has 0 aromatic carbocycles. The number of hydrogen-bond acceptors (Lipinski definition) is 5. The van der Waals surface area contributed by atoms with Crippen molar-refractivity contribution in [2.45, 2.75) is 29.9 Å². The van der Waals surface area contributed by atoms with E-state index in [4.69, 9.17) is 5.73 Å². The van der Waals surface area contributed by atoms with E-state index in [-0.39, 0.29) is 6.04 Å². The Labute approximate surface area is 104 Å². The highest BCUT2D eigenvalue weighted by atomic mass is 32.2. The molecule has 0 radical (unpaired) electrons. The summed E-state index contributed by atoms with van der Waals surface area (Å²) in [5, 5.41) is 8.96. The van der Waals surface area contributed by atoms with Crippen LogP contribution in [0, 0.1) is 6.92 Å². The lowest BCUT2D eigenvalue weighted by Gasteiger charge is -2.05. The van der Waals surface area contributed by atoms with Crippen LogP contribution in [-0.2, 0) is 7.05 Å². The summed E-state index contributed by atoms with van der Waals surface area (Å²) in [7, 11) is 1.95. The summed E-state index contributed by atoms with van der Waals surface area (Å²) in [5.74, 6) is 0.896. The summed E-state index contributed by atoms with van der Waals surface area (Å²) >= 11 is 1.54. The van der Waals surface area contributed by atoms with Crippen molar-refractivity contribution < 1.29 is 0 Å². The first kappa shape index (κ1) is 12.1. The first-order valence-electron chi connectivity index (χ1n) is 5.33. The highest BCUT2D eigenvalue weighted by Gasteiger charge is 2.07. The Morgan fingerprint density at radius 3 is 2.59 bits per heavy atom. The first-order valence-corrected chi connectivity index (χ1v) is 6.15. The molecule has 1 atom stereocenters. The molecule has 0 amide bonds. The number of nitrogens with zero attached hydrogens (tertiary/aromatic N) is 4. The van der Waals surface area contributed by atoms with Crippen molar-refractivity contribution in [1.29, 1.82) is 0 Å². The van der Waals surface area contributed by atoms with Crippen LogP contribution in [-0.4, -0.2) is 19.7 Å². The summed E-state index contributed by atoms with van der Waals surface area (Å²) in [5.41, 5.74) is 6.64. The molecule has 0 bridgehead atoms. The molecule has 2 aromatic rings. The van der Waals surface area contributed by atoms with Gasteiger partial charge in [0.1, 0.15) is 5.82 Å².